The fourth-order valence-electron chi connectivity index (χ4n) is 3.24. The van der Waals surface area contributed by atoms with Crippen molar-refractivity contribution in [3.63, 3.8) is 0 Å². The van der Waals surface area contributed by atoms with Gasteiger partial charge in [-0.05, 0) is 24.3 Å². The van der Waals surface area contributed by atoms with Crippen LogP contribution in [0.4, 0.5) is 5.69 Å². The molecule has 1 amide bonds. The standard InChI is InChI=1S/C22H16N2O3S2/c1-26-19-10-14-13-6-2-4-8-17(13)27-18(14)11-16(19)23-21(25)12-28-22-24-15-7-3-5-9-20(15)29-22/h2-11H,12H2,1H3,(H,23,25). The van der Waals surface area contributed by atoms with Crippen LogP contribution in [-0.2, 0) is 4.79 Å². The maximum atomic E-state index is 12.5. The van der Waals surface area contributed by atoms with E-state index in [0.717, 1.165) is 30.9 Å². The summed E-state index contributed by atoms with van der Waals surface area (Å²) in [5, 5.41) is 4.91. The number of methoxy groups -OCH3 is 1. The van der Waals surface area contributed by atoms with Crippen LogP contribution in [0.2, 0.25) is 0 Å². The lowest BCUT2D eigenvalue weighted by Crippen LogP contribution is -2.14. The van der Waals surface area contributed by atoms with Crippen molar-refractivity contribution in [2.45, 2.75) is 4.34 Å². The Bertz CT molecular complexity index is 1320. The molecule has 0 saturated carbocycles. The van der Waals surface area contributed by atoms with E-state index in [1.54, 1.807) is 18.4 Å². The van der Waals surface area contributed by atoms with E-state index in [0.29, 0.717) is 17.0 Å². The minimum Gasteiger partial charge on any atom is -0.495 e. The summed E-state index contributed by atoms with van der Waals surface area (Å²) >= 11 is 3.02. The van der Waals surface area contributed by atoms with Gasteiger partial charge in [-0.15, -0.1) is 11.3 Å². The molecule has 5 rings (SSSR count). The topological polar surface area (TPSA) is 64.4 Å². The molecule has 2 aromatic heterocycles. The summed E-state index contributed by atoms with van der Waals surface area (Å²) in [7, 11) is 1.59. The Hall–Kier alpha value is -3.03. The van der Waals surface area contributed by atoms with Crippen molar-refractivity contribution < 1.29 is 13.9 Å². The van der Waals surface area contributed by atoms with Gasteiger partial charge in [0.15, 0.2) is 4.34 Å². The summed E-state index contributed by atoms with van der Waals surface area (Å²) < 4.78 is 13.4. The molecule has 3 aromatic carbocycles. The van der Waals surface area contributed by atoms with E-state index in [9.17, 15) is 4.79 Å². The largest absolute Gasteiger partial charge is 0.495 e. The van der Waals surface area contributed by atoms with Crippen molar-refractivity contribution >= 4 is 66.8 Å². The van der Waals surface area contributed by atoms with Gasteiger partial charge < -0.3 is 14.5 Å². The van der Waals surface area contributed by atoms with E-state index < -0.39 is 0 Å². The number of nitrogens with one attached hydrogen (secondary N) is 1. The third-order valence-electron chi connectivity index (χ3n) is 4.57. The number of amides is 1. The second-order valence-corrected chi connectivity index (χ2v) is 8.68. The molecule has 0 unspecified atom stereocenters. The maximum Gasteiger partial charge on any atom is 0.234 e. The van der Waals surface area contributed by atoms with Crippen molar-refractivity contribution in [1.29, 1.82) is 0 Å². The zero-order valence-corrected chi connectivity index (χ0v) is 17.1. The quantitative estimate of drug-likeness (QED) is 0.357. The molecule has 0 saturated heterocycles. The van der Waals surface area contributed by atoms with Gasteiger partial charge in [-0.3, -0.25) is 4.79 Å². The second kappa shape index (κ2) is 7.42. The van der Waals surface area contributed by atoms with E-state index in [2.05, 4.69) is 10.3 Å². The Labute approximate surface area is 174 Å². The fourth-order valence-corrected chi connectivity index (χ4v) is 5.11. The number of thiazole rings is 1. The first-order chi connectivity index (χ1) is 14.2. The molecule has 0 spiro atoms. The number of hydrogen-bond donors (Lipinski definition) is 1. The number of anilines is 1. The minimum absolute atomic E-state index is 0.122. The van der Waals surface area contributed by atoms with E-state index in [1.165, 1.54) is 11.8 Å². The Morgan fingerprint density at radius 1 is 1.10 bits per heavy atom. The van der Waals surface area contributed by atoms with Crippen LogP contribution in [0.5, 0.6) is 5.75 Å². The van der Waals surface area contributed by atoms with Gasteiger partial charge in [0, 0.05) is 16.8 Å². The van der Waals surface area contributed by atoms with Crippen molar-refractivity contribution in [3.05, 3.63) is 60.7 Å². The van der Waals surface area contributed by atoms with Crippen molar-refractivity contribution in [2.75, 3.05) is 18.2 Å². The molecule has 0 bridgehead atoms. The Morgan fingerprint density at radius 2 is 1.93 bits per heavy atom. The number of para-hydroxylation sites is 2. The SMILES string of the molecule is COc1cc2c(cc1NC(=O)CSc1nc3ccccc3s1)oc1ccccc12. The number of rotatable bonds is 5. The lowest BCUT2D eigenvalue weighted by atomic mass is 10.1. The van der Waals surface area contributed by atoms with Gasteiger partial charge in [0.05, 0.1) is 28.8 Å². The van der Waals surface area contributed by atoms with Gasteiger partial charge in [0.2, 0.25) is 5.91 Å². The molecule has 29 heavy (non-hydrogen) atoms. The first-order valence-electron chi connectivity index (χ1n) is 8.99. The van der Waals surface area contributed by atoms with Crippen molar-refractivity contribution in [1.82, 2.24) is 4.98 Å². The summed E-state index contributed by atoms with van der Waals surface area (Å²) in [4.78, 5) is 17.1. The van der Waals surface area contributed by atoms with Crippen LogP contribution in [0.15, 0.2) is 69.4 Å². The van der Waals surface area contributed by atoms with Gasteiger partial charge in [-0.25, -0.2) is 4.98 Å². The predicted octanol–water partition coefficient (Wildman–Crippen LogP) is 5.94. The number of thioether (sulfide) groups is 1. The fraction of sp³-hybridized carbons (Fsp3) is 0.0909. The third-order valence-corrected chi connectivity index (χ3v) is 6.75. The smallest absolute Gasteiger partial charge is 0.234 e. The van der Waals surface area contributed by atoms with Crippen molar-refractivity contribution in [3.8, 4) is 5.75 Å². The van der Waals surface area contributed by atoms with Gasteiger partial charge in [-0.1, -0.05) is 42.1 Å². The molecular weight excluding hydrogens is 404 g/mol. The Kier molecular flexibility index (Phi) is 4.61. The number of carbonyl (C=O) groups is 1. The molecule has 0 radical (unpaired) electrons. The number of nitrogens with zero attached hydrogens (tertiary/aromatic N) is 1. The number of furan rings is 1. The molecule has 5 aromatic rings. The molecule has 144 valence electrons. The third kappa shape index (κ3) is 3.43. The second-order valence-electron chi connectivity index (χ2n) is 6.43. The molecule has 0 aliphatic heterocycles. The molecule has 1 N–H and O–H groups in total. The number of aromatic nitrogens is 1. The molecule has 0 atom stereocenters. The number of fused-ring (bicyclic) bond motifs is 4. The van der Waals surface area contributed by atoms with Crippen LogP contribution in [0.25, 0.3) is 32.2 Å². The van der Waals surface area contributed by atoms with Crippen LogP contribution >= 0.6 is 23.1 Å². The average Bonchev–Trinajstić information content (AvgIpc) is 3.32. The van der Waals surface area contributed by atoms with E-state index >= 15 is 0 Å². The average molecular weight is 421 g/mol. The van der Waals surface area contributed by atoms with Gasteiger partial charge in [0.1, 0.15) is 16.9 Å². The molecule has 7 heteroatoms. The summed E-state index contributed by atoms with van der Waals surface area (Å²) in [6.07, 6.45) is 0. The highest BCUT2D eigenvalue weighted by Gasteiger charge is 2.15. The van der Waals surface area contributed by atoms with E-state index in [-0.39, 0.29) is 11.7 Å². The van der Waals surface area contributed by atoms with Gasteiger partial charge in [0.25, 0.3) is 0 Å². The van der Waals surface area contributed by atoms with Crippen LogP contribution in [0, 0.1) is 0 Å². The summed E-state index contributed by atoms with van der Waals surface area (Å²) in [6, 6.07) is 19.5. The molecule has 0 aliphatic rings. The monoisotopic (exact) mass is 420 g/mol. The summed E-state index contributed by atoms with van der Waals surface area (Å²) in [5.74, 6) is 0.742. The normalized spacial score (nSPS) is 11.3. The highest BCUT2D eigenvalue weighted by molar-refractivity contribution is 8.01. The summed E-state index contributed by atoms with van der Waals surface area (Å²) in [6.45, 7) is 0. The van der Waals surface area contributed by atoms with Crippen LogP contribution in [0.1, 0.15) is 0 Å². The van der Waals surface area contributed by atoms with Crippen LogP contribution < -0.4 is 10.1 Å². The molecule has 5 nitrogen and oxygen atoms in total. The van der Waals surface area contributed by atoms with Gasteiger partial charge >= 0.3 is 0 Å². The zero-order chi connectivity index (χ0) is 19.8. The Morgan fingerprint density at radius 3 is 2.79 bits per heavy atom. The number of hydrogen-bond acceptors (Lipinski definition) is 6. The number of ether oxygens (including phenoxy) is 1. The zero-order valence-electron chi connectivity index (χ0n) is 15.5. The first kappa shape index (κ1) is 18.0. The minimum atomic E-state index is -0.122. The molecule has 0 fully saturated rings. The van der Waals surface area contributed by atoms with Crippen LogP contribution in [0.3, 0.4) is 0 Å². The highest BCUT2D eigenvalue weighted by atomic mass is 32.2. The number of carbonyl (C=O) groups excluding carboxylic acids is 1. The maximum absolute atomic E-state index is 12.5. The summed E-state index contributed by atoms with van der Waals surface area (Å²) in [5.41, 5.74) is 3.06. The highest BCUT2D eigenvalue weighted by Crippen LogP contribution is 2.36. The number of benzene rings is 3. The lowest BCUT2D eigenvalue weighted by molar-refractivity contribution is -0.113. The van der Waals surface area contributed by atoms with Gasteiger partial charge in [-0.2, -0.15) is 0 Å². The van der Waals surface area contributed by atoms with E-state index in [1.807, 2.05) is 60.7 Å². The van der Waals surface area contributed by atoms with Crippen LogP contribution in [-0.4, -0.2) is 23.8 Å². The van der Waals surface area contributed by atoms with E-state index in [4.69, 9.17) is 9.15 Å². The Balaban J connectivity index is 1.37. The molecule has 2 heterocycles. The molecular formula is C22H16N2O3S2. The lowest BCUT2D eigenvalue weighted by Gasteiger charge is -2.10. The van der Waals surface area contributed by atoms with Crippen molar-refractivity contribution in [2.24, 2.45) is 0 Å². The molecule has 0 aliphatic carbocycles. The predicted molar refractivity (Wildman–Crippen MR) is 119 cm³/mol. The first-order valence-corrected chi connectivity index (χ1v) is 10.8.